The van der Waals surface area contributed by atoms with Gasteiger partial charge >= 0.3 is 0 Å². The highest BCUT2D eigenvalue weighted by Gasteiger charge is 2.14. The van der Waals surface area contributed by atoms with E-state index in [1.165, 1.54) is 28.2 Å². The van der Waals surface area contributed by atoms with Gasteiger partial charge in [-0.1, -0.05) is 60.2 Å². The van der Waals surface area contributed by atoms with Crippen LogP contribution in [0, 0.1) is 6.92 Å². The highest BCUT2D eigenvalue weighted by molar-refractivity contribution is 7.09. The van der Waals surface area contributed by atoms with Crippen LogP contribution < -0.4 is 10.2 Å². The van der Waals surface area contributed by atoms with Crippen molar-refractivity contribution < 1.29 is 4.79 Å². The maximum atomic E-state index is 12.4. The number of aromatic nitrogens is 2. The maximum Gasteiger partial charge on any atom is 0.239 e. The highest BCUT2D eigenvalue weighted by atomic mass is 32.1. The van der Waals surface area contributed by atoms with Gasteiger partial charge in [-0.25, -0.2) is 4.98 Å². The Balaban J connectivity index is 1.45. The second-order valence-corrected chi connectivity index (χ2v) is 8.23. The molecule has 5 nitrogen and oxygen atoms in total. The number of nitrogens with zero attached hydrogens (tertiary/aromatic N) is 3. The Labute approximate surface area is 177 Å². The number of aryl methyl sites for hydroxylation is 2. The molecule has 3 aromatic rings. The zero-order valence-electron chi connectivity index (χ0n) is 17.3. The third-order valence-corrected chi connectivity index (χ3v) is 5.63. The molecule has 6 heteroatoms. The van der Waals surface area contributed by atoms with Crippen LogP contribution in [-0.4, -0.2) is 34.9 Å². The van der Waals surface area contributed by atoms with E-state index >= 15 is 0 Å². The Morgan fingerprint density at radius 1 is 1.10 bits per heavy atom. The fourth-order valence-electron chi connectivity index (χ4n) is 3.06. The monoisotopic (exact) mass is 408 g/mol. The van der Waals surface area contributed by atoms with Gasteiger partial charge in [-0.05, 0) is 37.8 Å². The van der Waals surface area contributed by atoms with E-state index in [0.29, 0.717) is 6.42 Å². The van der Waals surface area contributed by atoms with Crippen LogP contribution in [0.1, 0.15) is 35.9 Å². The van der Waals surface area contributed by atoms with Crippen molar-refractivity contribution in [2.75, 3.05) is 18.5 Å². The first-order valence-electron chi connectivity index (χ1n) is 9.92. The molecule has 29 heavy (non-hydrogen) atoms. The van der Waals surface area contributed by atoms with Crippen molar-refractivity contribution in [1.82, 2.24) is 14.7 Å². The minimum absolute atomic E-state index is 0.00310. The number of carbonyl (C=O) groups is 1. The van der Waals surface area contributed by atoms with E-state index in [2.05, 4.69) is 58.0 Å². The summed E-state index contributed by atoms with van der Waals surface area (Å²) < 4.78 is 4.44. The minimum Gasteiger partial charge on any atom is -0.352 e. The Morgan fingerprint density at radius 2 is 1.83 bits per heavy atom. The molecule has 0 fully saturated rings. The summed E-state index contributed by atoms with van der Waals surface area (Å²) in [6.45, 7) is 4.39. The first kappa shape index (κ1) is 21.0. The van der Waals surface area contributed by atoms with Crippen LogP contribution in [0.5, 0.6) is 0 Å². The molecule has 1 atom stereocenters. The van der Waals surface area contributed by atoms with Crippen molar-refractivity contribution in [3.8, 4) is 0 Å². The largest absolute Gasteiger partial charge is 0.352 e. The van der Waals surface area contributed by atoms with E-state index in [1.807, 2.05) is 37.1 Å². The van der Waals surface area contributed by atoms with Crippen LogP contribution in [0.4, 0.5) is 5.13 Å². The lowest BCUT2D eigenvalue weighted by Gasteiger charge is -2.18. The smallest absolute Gasteiger partial charge is 0.239 e. The molecular formula is C23H28N4OS. The molecule has 152 valence electrons. The van der Waals surface area contributed by atoms with Crippen molar-refractivity contribution in [2.24, 2.45) is 0 Å². The van der Waals surface area contributed by atoms with Gasteiger partial charge < -0.3 is 10.2 Å². The van der Waals surface area contributed by atoms with Gasteiger partial charge in [0.1, 0.15) is 5.82 Å². The van der Waals surface area contributed by atoms with Gasteiger partial charge in [-0.2, -0.15) is 4.37 Å². The molecule has 0 saturated heterocycles. The molecule has 3 rings (SSSR count). The molecule has 0 bridgehead atoms. The number of amides is 1. The van der Waals surface area contributed by atoms with Gasteiger partial charge in [0, 0.05) is 31.0 Å². The second kappa shape index (κ2) is 10.2. The Morgan fingerprint density at radius 3 is 2.55 bits per heavy atom. The summed E-state index contributed by atoms with van der Waals surface area (Å²) in [7, 11) is 1.88. The molecule has 0 aliphatic carbocycles. The van der Waals surface area contributed by atoms with Crippen molar-refractivity contribution in [3.05, 3.63) is 77.1 Å². The summed E-state index contributed by atoms with van der Waals surface area (Å²) in [5.41, 5.74) is 3.72. The van der Waals surface area contributed by atoms with Crippen LogP contribution in [0.3, 0.4) is 0 Å². The molecule has 1 aromatic heterocycles. The Hall–Kier alpha value is -2.73. The molecule has 0 radical (unpaired) electrons. The molecule has 2 aromatic carbocycles. The fraction of sp³-hybridized carbons (Fsp3) is 0.348. The molecule has 0 aliphatic rings. The number of hydrogen-bond acceptors (Lipinski definition) is 5. The lowest BCUT2D eigenvalue weighted by Crippen LogP contribution is -2.40. The van der Waals surface area contributed by atoms with E-state index in [-0.39, 0.29) is 18.5 Å². The zero-order chi connectivity index (χ0) is 20.6. The van der Waals surface area contributed by atoms with Gasteiger partial charge in [0.05, 0.1) is 6.54 Å². The van der Waals surface area contributed by atoms with Crippen LogP contribution in [0.2, 0.25) is 0 Å². The summed E-state index contributed by atoms with van der Waals surface area (Å²) in [5, 5.41) is 3.84. The quantitative estimate of drug-likeness (QED) is 0.581. The van der Waals surface area contributed by atoms with Crippen molar-refractivity contribution in [1.29, 1.82) is 0 Å². The Bertz CT molecular complexity index is 908. The van der Waals surface area contributed by atoms with E-state index in [1.54, 1.807) is 0 Å². The molecule has 0 aliphatic heterocycles. The number of rotatable bonds is 9. The maximum absolute atomic E-state index is 12.4. The normalized spacial score (nSPS) is 11.8. The molecule has 1 unspecified atom stereocenters. The minimum atomic E-state index is 0.00310. The fourth-order valence-corrected chi connectivity index (χ4v) is 3.71. The number of anilines is 1. The summed E-state index contributed by atoms with van der Waals surface area (Å²) in [6.07, 6.45) is 2.57. The SMILES string of the molecule is Cc1ccc(Cc2nsc(N(C)CC(=O)NC(C)CCc3ccccc3)n2)cc1. The van der Waals surface area contributed by atoms with Crippen molar-refractivity contribution >= 4 is 22.6 Å². The molecule has 0 saturated carbocycles. The van der Waals surface area contributed by atoms with Gasteiger partial charge in [-0.3, -0.25) is 4.79 Å². The van der Waals surface area contributed by atoms with Crippen molar-refractivity contribution in [2.45, 2.75) is 39.2 Å². The molecule has 1 amide bonds. The average Bonchev–Trinajstić information content (AvgIpc) is 3.17. The van der Waals surface area contributed by atoms with Crippen LogP contribution in [0.25, 0.3) is 0 Å². The predicted octanol–water partition coefficient (Wildman–Crippen LogP) is 4.01. The summed E-state index contributed by atoms with van der Waals surface area (Å²) in [6, 6.07) is 18.9. The van der Waals surface area contributed by atoms with Crippen LogP contribution in [0.15, 0.2) is 54.6 Å². The van der Waals surface area contributed by atoms with E-state index in [0.717, 1.165) is 23.8 Å². The van der Waals surface area contributed by atoms with Crippen LogP contribution in [-0.2, 0) is 17.6 Å². The van der Waals surface area contributed by atoms with Crippen molar-refractivity contribution in [3.63, 3.8) is 0 Å². The number of benzene rings is 2. The topological polar surface area (TPSA) is 58.1 Å². The van der Waals surface area contributed by atoms with Gasteiger partial charge in [0.15, 0.2) is 0 Å². The molecule has 1 heterocycles. The number of carbonyl (C=O) groups excluding carboxylic acids is 1. The predicted molar refractivity (Wildman–Crippen MR) is 120 cm³/mol. The summed E-state index contributed by atoms with van der Waals surface area (Å²) in [5.74, 6) is 0.792. The molecular weight excluding hydrogens is 380 g/mol. The van der Waals surface area contributed by atoms with E-state index in [4.69, 9.17) is 0 Å². The first-order chi connectivity index (χ1) is 14.0. The first-order valence-corrected chi connectivity index (χ1v) is 10.7. The Kier molecular flexibility index (Phi) is 7.36. The summed E-state index contributed by atoms with van der Waals surface area (Å²) >= 11 is 1.33. The summed E-state index contributed by atoms with van der Waals surface area (Å²) in [4.78, 5) is 18.8. The highest BCUT2D eigenvalue weighted by Crippen LogP contribution is 2.18. The third kappa shape index (κ3) is 6.68. The van der Waals surface area contributed by atoms with Gasteiger partial charge in [-0.15, -0.1) is 0 Å². The standard InChI is InChI=1S/C23H28N4OS/c1-17-9-12-20(13-10-17)15-21-25-23(29-26-21)27(3)16-22(28)24-18(2)11-14-19-7-5-4-6-8-19/h4-10,12-13,18H,11,14-16H2,1-3H3,(H,24,28). The lowest BCUT2D eigenvalue weighted by molar-refractivity contribution is -0.120. The van der Waals surface area contributed by atoms with Gasteiger partial charge in [0.2, 0.25) is 11.0 Å². The molecule has 0 spiro atoms. The second-order valence-electron chi connectivity index (χ2n) is 7.50. The zero-order valence-corrected chi connectivity index (χ0v) is 18.1. The third-order valence-electron chi connectivity index (χ3n) is 4.76. The number of hydrogen-bond donors (Lipinski definition) is 1. The molecule has 1 N–H and O–H groups in total. The number of nitrogens with one attached hydrogen (secondary N) is 1. The van der Waals surface area contributed by atoms with E-state index in [9.17, 15) is 4.79 Å². The lowest BCUT2D eigenvalue weighted by atomic mass is 10.1. The van der Waals surface area contributed by atoms with E-state index < -0.39 is 0 Å². The average molecular weight is 409 g/mol. The van der Waals surface area contributed by atoms with Crippen LogP contribution >= 0.6 is 11.5 Å². The van der Waals surface area contributed by atoms with Gasteiger partial charge in [0.25, 0.3) is 0 Å². The number of likely N-dealkylation sites (N-methyl/N-ethyl adjacent to an activating group) is 1.